The maximum absolute atomic E-state index is 12.6. The van der Waals surface area contributed by atoms with Crippen LogP contribution in [0.5, 0.6) is 0 Å². The summed E-state index contributed by atoms with van der Waals surface area (Å²) in [5, 5.41) is 3.33. The second-order valence-corrected chi connectivity index (χ2v) is 5.02. The van der Waals surface area contributed by atoms with Gasteiger partial charge in [-0.3, -0.25) is 4.79 Å². The Morgan fingerprint density at radius 2 is 1.65 bits per heavy atom. The van der Waals surface area contributed by atoms with Crippen molar-refractivity contribution < 1.29 is 4.79 Å². The first-order valence-corrected chi connectivity index (χ1v) is 6.98. The molecule has 0 spiro atoms. The molecule has 3 nitrogen and oxygen atoms in total. The van der Waals surface area contributed by atoms with Gasteiger partial charge < -0.3 is 10.2 Å². The molecule has 1 atom stereocenters. The Balaban J connectivity index is 1.76. The highest BCUT2D eigenvalue weighted by atomic mass is 16.2. The van der Waals surface area contributed by atoms with Crippen molar-refractivity contribution in [3.8, 4) is 0 Å². The summed E-state index contributed by atoms with van der Waals surface area (Å²) in [6.45, 7) is 1.56. The van der Waals surface area contributed by atoms with E-state index in [1.807, 2.05) is 53.4 Å². The molecular weight excluding hydrogens is 248 g/mol. The van der Waals surface area contributed by atoms with Crippen LogP contribution < -0.4 is 10.2 Å². The Morgan fingerprint density at radius 3 is 2.35 bits per heavy atom. The highest BCUT2D eigenvalue weighted by Gasteiger charge is 2.29. The van der Waals surface area contributed by atoms with Gasteiger partial charge in [0.25, 0.3) is 0 Å². The number of nitrogens with zero attached hydrogens (tertiary/aromatic N) is 1. The van der Waals surface area contributed by atoms with Crippen LogP contribution in [0.3, 0.4) is 0 Å². The molecule has 2 aromatic rings. The monoisotopic (exact) mass is 266 g/mol. The van der Waals surface area contributed by atoms with E-state index in [-0.39, 0.29) is 11.9 Å². The van der Waals surface area contributed by atoms with Crippen LogP contribution in [-0.2, 0) is 11.2 Å². The molecule has 0 unspecified atom stereocenters. The van der Waals surface area contributed by atoms with E-state index in [2.05, 4.69) is 17.4 Å². The van der Waals surface area contributed by atoms with E-state index in [0.29, 0.717) is 0 Å². The van der Waals surface area contributed by atoms with Gasteiger partial charge >= 0.3 is 0 Å². The van der Waals surface area contributed by atoms with Crippen molar-refractivity contribution >= 4 is 11.6 Å². The molecule has 0 saturated carbocycles. The van der Waals surface area contributed by atoms with Gasteiger partial charge in [-0.15, -0.1) is 0 Å². The third kappa shape index (κ3) is 2.73. The third-order valence-corrected chi connectivity index (χ3v) is 3.64. The second kappa shape index (κ2) is 5.88. The molecule has 1 saturated heterocycles. The summed E-state index contributed by atoms with van der Waals surface area (Å²) in [6, 6.07) is 19.9. The van der Waals surface area contributed by atoms with Gasteiger partial charge in [0, 0.05) is 18.8 Å². The standard InChI is InChI=1S/C17H18N2O/c20-17-16(13-14-7-3-1-4-8-14)18-11-12-19(17)15-9-5-2-6-10-15/h1-10,16,18H,11-13H2/t16-/m0/s1. The number of carbonyl (C=O) groups is 1. The van der Waals surface area contributed by atoms with Crippen molar-refractivity contribution in [1.82, 2.24) is 5.32 Å². The van der Waals surface area contributed by atoms with Crippen molar-refractivity contribution in [1.29, 1.82) is 0 Å². The Morgan fingerprint density at radius 1 is 1.00 bits per heavy atom. The van der Waals surface area contributed by atoms with Crippen molar-refractivity contribution in [3.63, 3.8) is 0 Å². The number of nitrogens with one attached hydrogen (secondary N) is 1. The van der Waals surface area contributed by atoms with Gasteiger partial charge in [-0.25, -0.2) is 0 Å². The van der Waals surface area contributed by atoms with Crippen LogP contribution in [0, 0.1) is 0 Å². The summed E-state index contributed by atoms with van der Waals surface area (Å²) in [5.41, 5.74) is 2.17. The quantitative estimate of drug-likeness (QED) is 0.924. The maximum Gasteiger partial charge on any atom is 0.244 e. The number of para-hydroxylation sites is 1. The molecule has 3 rings (SSSR count). The zero-order valence-electron chi connectivity index (χ0n) is 11.3. The molecule has 2 aromatic carbocycles. The van der Waals surface area contributed by atoms with E-state index in [1.165, 1.54) is 5.56 Å². The van der Waals surface area contributed by atoms with Crippen molar-refractivity contribution in [2.45, 2.75) is 12.5 Å². The predicted octanol–water partition coefficient (Wildman–Crippen LogP) is 2.23. The Kier molecular flexibility index (Phi) is 3.79. The van der Waals surface area contributed by atoms with Gasteiger partial charge in [-0.1, -0.05) is 48.5 Å². The first-order chi connectivity index (χ1) is 9.84. The van der Waals surface area contributed by atoms with Crippen LogP contribution in [0.1, 0.15) is 5.56 Å². The molecule has 1 amide bonds. The van der Waals surface area contributed by atoms with E-state index in [4.69, 9.17) is 0 Å². The Labute approximate surface area is 119 Å². The van der Waals surface area contributed by atoms with Crippen molar-refractivity contribution in [3.05, 3.63) is 66.2 Å². The number of piperazine rings is 1. The lowest BCUT2D eigenvalue weighted by Gasteiger charge is -2.33. The molecule has 1 fully saturated rings. The van der Waals surface area contributed by atoms with Gasteiger partial charge in [0.2, 0.25) is 5.91 Å². The van der Waals surface area contributed by atoms with Crippen LogP contribution in [-0.4, -0.2) is 25.0 Å². The first-order valence-electron chi connectivity index (χ1n) is 6.98. The average Bonchev–Trinajstić information content (AvgIpc) is 2.51. The number of benzene rings is 2. The fourth-order valence-corrected chi connectivity index (χ4v) is 2.61. The minimum absolute atomic E-state index is 0.133. The largest absolute Gasteiger partial charge is 0.310 e. The molecule has 1 N–H and O–H groups in total. The molecule has 102 valence electrons. The molecular formula is C17H18N2O. The lowest BCUT2D eigenvalue weighted by molar-refractivity contribution is -0.121. The molecule has 3 heteroatoms. The van der Waals surface area contributed by atoms with E-state index < -0.39 is 0 Å². The van der Waals surface area contributed by atoms with E-state index >= 15 is 0 Å². The molecule has 0 radical (unpaired) electrons. The predicted molar refractivity (Wildman–Crippen MR) is 80.7 cm³/mol. The summed E-state index contributed by atoms with van der Waals surface area (Å²) in [6.07, 6.45) is 0.739. The highest BCUT2D eigenvalue weighted by Crippen LogP contribution is 2.17. The minimum atomic E-state index is -0.133. The van der Waals surface area contributed by atoms with Crippen LogP contribution in [0.2, 0.25) is 0 Å². The summed E-state index contributed by atoms with van der Waals surface area (Å²) in [7, 11) is 0. The van der Waals surface area contributed by atoms with Crippen LogP contribution in [0.4, 0.5) is 5.69 Å². The summed E-state index contributed by atoms with van der Waals surface area (Å²) >= 11 is 0. The highest BCUT2D eigenvalue weighted by molar-refractivity contribution is 5.98. The number of carbonyl (C=O) groups excluding carboxylic acids is 1. The van der Waals surface area contributed by atoms with E-state index in [0.717, 1.165) is 25.2 Å². The third-order valence-electron chi connectivity index (χ3n) is 3.64. The van der Waals surface area contributed by atoms with Crippen LogP contribution in [0.25, 0.3) is 0 Å². The second-order valence-electron chi connectivity index (χ2n) is 5.02. The maximum atomic E-state index is 12.6. The normalized spacial score (nSPS) is 19.1. The Hall–Kier alpha value is -2.13. The topological polar surface area (TPSA) is 32.3 Å². The van der Waals surface area contributed by atoms with Gasteiger partial charge in [0.05, 0.1) is 6.04 Å². The molecule has 20 heavy (non-hydrogen) atoms. The zero-order chi connectivity index (χ0) is 13.8. The zero-order valence-corrected chi connectivity index (χ0v) is 11.3. The minimum Gasteiger partial charge on any atom is -0.310 e. The summed E-state index contributed by atoms with van der Waals surface area (Å²) in [5.74, 6) is 0.159. The number of anilines is 1. The molecule has 0 aliphatic carbocycles. The van der Waals surface area contributed by atoms with Crippen molar-refractivity contribution in [2.24, 2.45) is 0 Å². The lowest BCUT2D eigenvalue weighted by Crippen LogP contribution is -2.56. The number of hydrogen-bond donors (Lipinski definition) is 1. The van der Waals surface area contributed by atoms with E-state index in [9.17, 15) is 4.79 Å². The van der Waals surface area contributed by atoms with Gasteiger partial charge in [0.15, 0.2) is 0 Å². The fourth-order valence-electron chi connectivity index (χ4n) is 2.61. The molecule has 1 heterocycles. The van der Waals surface area contributed by atoms with Gasteiger partial charge in [0.1, 0.15) is 0 Å². The fraction of sp³-hybridized carbons (Fsp3) is 0.235. The lowest BCUT2D eigenvalue weighted by atomic mass is 10.0. The molecule has 0 aromatic heterocycles. The number of hydrogen-bond acceptors (Lipinski definition) is 2. The SMILES string of the molecule is O=C1[C@H](Cc2ccccc2)NCCN1c1ccccc1. The Bertz CT molecular complexity index is 568. The number of amides is 1. The summed E-state index contributed by atoms with van der Waals surface area (Å²) < 4.78 is 0. The van der Waals surface area contributed by atoms with E-state index in [1.54, 1.807) is 0 Å². The van der Waals surface area contributed by atoms with Gasteiger partial charge in [-0.05, 0) is 24.1 Å². The van der Waals surface area contributed by atoms with Crippen LogP contribution in [0.15, 0.2) is 60.7 Å². The first kappa shape index (κ1) is 12.9. The molecule has 1 aliphatic heterocycles. The van der Waals surface area contributed by atoms with Crippen molar-refractivity contribution in [2.75, 3.05) is 18.0 Å². The molecule has 1 aliphatic rings. The summed E-state index contributed by atoms with van der Waals surface area (Å²) in [4.78, 5) is 14.5. The number of rotatable bonds is 3. The average molecular weight is 266 g/mol. The van der Waals surface area contributed by atoms with Crippen LogP contribution >= 0.6 is 0 Å². The molecule has 0 bridgehead atoms. The van der Waals surface area contributed by atoms with Gasteiger partial charge in [-0.2, -0.15) is 0 Å². The smallest absolute Gasteiger partial charge is 0.244 e.